The van der Waals surface area contributed by atoms with Crippen LogP contribution in [0.3, 0.4) is 0 Å². The zero-order valence-electron chi connectivity index (χ0n) is 16.2. The fourth-order valence-corrected chi connectivity index (χ4v) is 3.65. The summed E-state index contributed by atoms with van der Waals surface area (Å²) in [7, 11) is 0. The highest BCUT2D eigenvalue weighted by Crippen LogP contribution is 2.51. The van der Waals surface area contributed by atoms with Crippen LogP contribution in [0.15, 0.2) is 12.3 Å². The summed E-state index contributed by atoms with van der Waals surface area (Å²) in [6.07, 6.45) is 3.71. The molecule has 0 bridgehead atoms. The molecule has 0 radical (unpaired) electrons. The van der Waals surface area contributed by atoms with Gasteiger partial charge in [-0.2, -0.15) is 0 Å². The van der Waals surface area contributed by atoms with E-state index in [1.54, 1.807) is 0 Å². The van der Waals surface area contributed by atoms with Crippen LogP contribution in [-0.2, 0) is 14.2 Å². The molecular formula is C20H36O4. The summed E-state index contributed by atoms with van der Waals surface area (Å²) in [5.74, 6) is 1.77. The van der Waals surface area contributed by atoms with E-state index in [1.807, 2.05) is 13.8 Å². The lowest BCUT2D eigenvalue weighted by Crippen LogP contribution is -2.40. The SMILES string of the molecule is C=C(OC(C)C)C1C[C@@]1(O)CC[C@@H](C)OC1O[C@@H](C)C(C)C[C@H]1C. The topological polar surface area (TPSA) is 47.9 Å². The molecule has 1 saturated heterocycles. The van der Waals surface area contributed by atoms with Gasteiger partial charge in [-0.25, -0.2) is 0 Å². The summed E-state index contributed by atoms with van der Waals surface area (Å²) in [5.41, 5.74) is -0.662. The first-order chi connectivity index (χ1) is 11.1. The van der Waals surface area contributed by atoms with E-state index in [1.165, 1.54) is 0 Å². The van der Waals surface area contributed by atoms with Crippen LogP contribution in [0.4, 0.5) is 0 Å². The Morgan fingerprint density at radius 1 is 1.25 bits per heavy atom. The fraction of sp³-hybridized carbons (Fsp3) is 0.900. The Morgan fingerprint density at radius 2 is 1.92 bits per heavy atom. The molecule has 4 heteroatoms. The van der Waals surface area contributed by atoms with E-state index in [-0.39, 0.29) is 30.5 Å². The molecule has 0 aromatic rings. The molecule has 2 rings (SSSR count). The highest BCUT2D eigenvalue weighted by atomic mass is 16.7. The summed E-state index contributed by atoms with van der Waals surface area (Å²) >= 11 is 0. The molecule has 0 amide bonds. The van der Waals surface area contributed by atoms with Crippen LogP contribution in [0, 0.1) is 17.8 Å². The highest BCUT2D eigenvalue weighted by Gasteiger charge is 2.55. The molecule has 1 saturated carbocycles. The molecule has 1 aliphatic heterocycles. The van der Waals surface area contributed by atoms with Gasteiger partial charge in [0.2, 0.25) is 0 Å². The Hall–Kier alpha value is -0.580. The van der Waals surface area contributed by atoms with E-state index < -0.39 is 5.60 Å². The number of aliphatic hydroxyl groups is 1. The van der Waals surface area contributed by atoms with Gasteiger partial charge in [0.05, 0.1) is 29.7 Å². The van der Waals surface area contributed by atoms with Crippen LogP contribution in [0.1, 0.15) is 67.2 Å². The number of hydrogen-bond donors (Lipinski definition) is 1. The van der Waals surface area contributed by atoms with Gasteiger partial charge in [-0.3, -0.25) is 0 Å². The third kappa shape index (κ3) is 4.96. The van der Waals surface area contributed by atoms with Gasteiger partial charge in [0.1, 0.15) is 0 Å². The van der Waals surface area contributed by atoms with Gasteiger partial charge in [-0.15, -0.1) is 0 Å². The molecule has 0 aromatic carbocycles. The summed E-state index contributed by atoms with van der Waals surface area (Å²) in [6.45, 7) is 16.5. The first-order valence-electron chi connectivity index (χ1n) is 9.51. The van der Waals surface area contributed by atoms with Crippen molar-refractivity contribution in [3.63, 3.8) is 0 Å². The molecular weight excluding hydrogens is 304 g/mol. The molecule has 2 aliphatic rings. The molecule has 1 heterocycles. The van der Waals surface area contributed by atoms with E-state index in [4.69, 9.17) is 14.2 Å². The minimum absolute atomic E-state index is 0.0674. The zero-order valence-corrected chi connectivity index (χ0v) is 16.2. The number of hydrogen-bond acceptors (Lipinski definition) is 4. The quantitative estimate of drug-likeness (QED) is 0.670. The second kappa shape index (κ2) is 7.76. The lowest BCUT2D eigenvalue weighted by atomic mass is 9.90. The predicted molar refractivity (Wildman–Crippen MR) is 95.5 cm³/mol. The Kier molecular flexibility index (Phi) is 6.38. The average molecular weight is 341 g/mol. The largest absolute Gasteiger partial charge is 0.496 e. The van der Waals surface area contributed by atoms with Crippen molar-refractivity contribution in [2.24, 2.45) is 17.8 Å². The van der Waals surface area contributed by atoms with Crippen molar-refractivity contribution in [3.8, 4) is 0 Å². The van der Waals surface area contributed by atoms with Gasteiger partial charge in [0.15, 0.2) is 6.29 Å². The van der Waals surface area contributed by atoms with Crippen molar-refractivity contribution in [1.29, 1.82) is 0 Å². The molecule has 0 spiro atoms. The molecule has 140 valence electrons. The normalized spacial score (nSPS) is 40.4. The van der Waals surface area contributed by atoms with Crippen molar-refractivity contribution < 1.29 is 19.3 Å². The van der Waals surface area contributed by atoms with Crippen molar-refractivity contribution in [3.05, 3.63) is 12.3 Å². The van der Waals surface area contributed by atoms with Crippen molar-refractivity contribution in [2.75, 3.05) is 0 Å². The second-order valence-electron chi connectivity index (χ2n) is 8.38. The molecule has 1 N–H and O–H groups in total. The first kappa shape index (κ1) is 19.7. The van der Waals surface area contributed by atoms with Crippen molar-refractivity contribution in [1.82, 2.24) is 0 Å². The number of rotatable bonds is 8. The number of ether oxygens (including phenoxy) is 3. The Morgan fingerprint density at radius 3 is 2.54 bits per heavy atom. The summed E-state index contributed by atoms with van der Waals surface area (Å²) < 4.78 is 17.8. The minimum Gasteiger partial charge on any atom is -0.496 e. The van der Waals surface area contributed by atoms with E-state index >= 15 is 0 Å². The monoisotopic (exact) mass is 340 g/mol. The first-order valence-corrected chi connectivity index (χ1v) is 9.51. The summed E-state index contributed by atoms with van der Waals surface area (Å²) in [5, 5.41) is 10.6. The van der Waals surface area contributed by atoms with Gasteiger partial charge in [0, 0.05) is 11.8 Å². The van der Waals surface area contributed by atoms with E-state index in [2.05, 4.69) is 34.3 Å². The molecule has 4 nitrogen and oxygen atoms in total. The maximum absolute atomic E-state index is 10.6. The Bertz CT molecular complexity index is 435. The van der Waals surface area contributed by atoms with Gasteiger partial charge >= 0.3 is 0 Å². The minimum atomic E-state index is -0.662. The van der Waals surface area contributed by atoms with Crippen molar-refractivity contribution in [2.45, 2.75) is 97.4 Å². The third-order valence-corrected chi connectivity index (χ3v) is 5.53. The maximum atomic E-state index is 10.6. The van der Waals surface area contributed by atoms with Crippen LogP contribution < -0.4 is 0 Å². The predicted octanol–water partition coefficient (Wildman–Crippen LogP) is 4.27. The lowest BCUT2D eigenvalue weighted by Gasteiger charge is -2.38. The van der Waals surface area contributed by atoms with Crippen LogP contribution in [0.2, 0.25) is 0 Å². The van der Waals surface area contributed by atoms with Crippen LogP contribution in [0.25, 0.3) is 0 Å². The zero-order chi connectivity index (χ0) is 18.1. The molecule has 24 heavy (non-hydrogen) atoms. The van der Waals surface area contributed by atoms with Gasteiger partial charge in [-0.1, -0.05) is 20.4 Å². The lowest BCUT2D eigenvalue weighted by molar-refractivity contribution is -0.244. The molecule has 2 fully saturated rings. The van der Waals surface area contributed by atoms with Gasteiger partial charge in [0.25, 0.3) is 0 Å². The third-order valence-electron chi connectivity index (χ3n) is 5.53. The van der Waals surface area contributed by atoms with E-state index in [9.17, 15) is 5.11 Å². The second-order valence-corrected chi connectivity index (χ2v) is 8.38. The molecule has 3 unspecified atom stereocenters. The van der Waals surface area contributed by atoms with Crippen LogP contribution in [0.5, 0.6) is 0 Å². The molecule has 7 atom stereocenters. The molecule has 1 aliphatic carbocycles. The van der Waals surface area contributed by atoms with E-state index in [0.717, 1.165) is 19.3 Å². The maximum Gasteiger partial charge on any atom is 0.160 e. The average Bonchev–Trinajstić information content (AvgIpc) is 3.15. The summed E-state index contributed by atoms with van der Waals surface area (Å²) in [6, 6.07) is 0. The highest BCUT2D eigenvalue weighted by molar-refractivity contribution is 5.16. The molecule has 0 aromatic heterocycles. The standard InChI is InChI=1S/C20H36O4/c1-12(2)22-17(7)18-11-20(18,21)9-8-15(5)23-19-14(4)10-13(3)16(6)24-19/h12-16,18-19,21H,7-11H2,1-6H3/t13?,14-,15-,16+,18?,19?,20+/m1/s1. The Balaban J connectivity index is 1.74. The van der Waals surface area contributed by atoms with Gasteiger partial charge in [-0.05, 0) is 59.3 Å². The Labute approximate surface area is 147 Å². The van der Waals surface area contributed by atoms with Crippen LogP contribution in [-0.4, -0.2) is 35.3 Å². The van der Waals surface area contributed by atoms with Crippen molar-refractivity contribution >= 4 is 0 Å². The summed E-state index contributed by atoms with van der Waals surface area (Å²) in [4.78, 5) is 0. The van der Waals surface area contributed by atoms with Gasteiger partial charge < -0.3 is 19.3 Å². The van der Waals surface area contributed by atoms with Crippen LogP contribution >= 0.6 is 0 Å². The smallest absolute Gasteiger partial charge is 0.160 e. The fourth-order valence-electron chi connectivity index (χ4n) is 3.65. The van der Waals surface area contributed by atoms with E-state index in [0.29, 0.717) is 24.0 Å².